The number of hydrogen-bond acceptors (Lipinski definition) is 0. The molecule has 0 aliphatic carbocycles. The summed E-state index contributed by atoms with van der Waals surface area (Å²) in [6.45, 7) is 18.1. The summed E-state index contributed by atoms with van der Waals surface area (Å²) in [5.74, 6) is 6.69. The molecule has 0 fully saturated rings. The summed E-state index contributed by atoms with van der Waals surface area (Å²) in [6, 6.07) is 13.9. The minimum atomic E-state index is 1.02. The van der Waals surface area contributed by atoms with Crippen LogP contribution in [0.15, 0.2) is 47.5 Å². The van der Waals surface area contributed by atoms with E-state index in [1.165, 1.54) is 458 Å². The summed E-state index contributed by atoms with van der Waals surface area (Å²) in [5.41, 5.74) is 24.6. The predicted molar refractivity (Wildman–Crippen MR) is 446 cm³/mol. The van der Waals surface area contributed by atoms with E-state index in [2.05, 4.69) is 113 Å². The first kappa shape index (κ1) is 93.2. The molecule has 0 aromatic heterocycles. The molecule has 2 nitrogen and oxygen atoms in total. The van der Waals surface area contributed by atoms with Gasteiger partial charge >= 0.3 is 164 Å². The van der Waals surface area contributed by atoms with Crippen LogP contribution in [-0.4, -0.2) is 4.70 Å². The molecule has 0 bridgehead atoms. The van der Waals surface area contributed by atoms with Crippen LogP contribution in [0.3, 0.4) is 0 Å². The Hall–Kier alpha value is -2.87. The van der Waals surface area contributed by atoms with E-state index < -0.39 is 0 Å². The third kappa shape index (κ3) is 53.0. The van der Waals surface area contributed by atoms with Crippen molar-refractivity contribution >= 4 is 11.4 Å². The number of nitrogens with zero attached hydrogens (tertiary/aromatic N) is 2. The van der Waals surface area contributed by atoms with Crippen molar-refractivity contribution in [3.05, 3.63) is 86.5 Å². The third-order valence-corrected chi connectivity index (χ3v) is 22.2. The van der Waals surface area contributed by atoms with Crippen molar-refractivity contribution < 1.29 is 19.1 Å². The molecule has 576 valence electrons. The molecule has 0 unspecified atom stereocenters. The van der Waals surface area contributed by atoms with Gasteiger partial charge in [-0.05, 0) is 101 Å². The average molecular weight is 1420 g/mol. The molecule has 1 aliphatic heterocycles. The Morgan fingerprint density at radius 3 is 0.740 bits per heavy atom. The zero-order chi connectivity index (χ0) is 71.9. The van der Waals surface area contributed by atoms with E-state index >= 15 is 0 Å². The Balaban J connectivity index is 0.000000744. The Kier molecular flexibility index (Phi) is 66.9. The van der Waals surface area contributed by atoms with Crippen LogP contribution in [0.2, 0.25) is 0 Å². The van der Waals surface area contributed by atoms with Crippen molar-refractivity contribution in [1.82, 2.24) is 0 Å². The molecule has 2 aromatic carbocycles. The monoisotopic (exact) mass is 1420 g/mol. The van der Waals surface area contributed by atoms with Crippen LogP contribution >= 0.6 is 0 Å². The number of unbranched alkanes of at least 4 members (excludes halogenated alkanes) is 59. The normalized spacial score (nSPS) is 12.2. The number of rotatable bonds is 69. The van der Waals surface area contributed by atoms with Gasteiger partial charge in [0.25, 0.3) is 0 Å². The quantitative estimate of drug-likeness (QED) is 0.0273. The molecule has 100 heavy (non-hydrogen) atoms. The van der Waals surface area contributed by atoms with Crippen LogP contribution in [0.1, 0.15) is 505 Å². The van der Waals surface area contributed by atoms with Gasteiger partial charge in [0.2, 0.25) is 11.4 Å². The number of hydrogen-bond donors (Lipinski definition) is 0. The van der Waals surface area contributed by atoms with E-state index in [-0.39, 0.29) is 0 Å². The molecule has 0 saturated carbocycles. The van der Waals surface area contributed by atoms with Gasteiger partial charge in [0.05, 0.1) is 0 Å². The van der Waals surface area contributed by atoms with Gasteiger partial charge in [0.15, 0.2) is 0 Å². The summed E-state index contributed by atoms with van der Waals surface area (Å²) in [4.78, 5) is 6.48. The Morgan fingerprint density at radius 2 is 0.470 bits per heavy atom. The van der Waals surface area contributed by atoms with Crippen LogP contribution in [0.4, 0.5) is 0 Å². The van der Waals surface area contributed by atoms with E-state index in [0.717, 1.165) is 55.5 Å². The van der Waals surface area contributed by atoms with Crippen LogP contribution in [-0.2, 0) is 27.3 Å². The molecule has 2 aromatic rings. The summed E-state index contributed by atoms with van der Waals surface area (Å²) in [7, 11) is 0. The molecule has 3 rings (SSSR count). The second kappa shape index (κ2) is 71.7. The standard InChI is InChI=1S/C37H54N2.2C30H57.Ni/c1-7-11-15-17-21-35-34(20-16-12-8-2)37(39(38)36(35)32-23-28(5)22-29(6)24-32)33-26-30(18-13-9-3)25-31(27-33)19-14-10-4;2*1-3-5-7-9-11-13-15-17-19-21-23-25-27-29-30-28-26-24-22-20-18-16-14-12-10-8-6-4-2;/h22-27H,7-21H2,1-6H3;2*3,5-30H2,1H3;. The molecule has 1 aliphatic rings. The molecule has 0 radical (unpaired) electrons. The van der Waals surface area contributed by atoms with Crippen molar-refractivity contribution in [2.24, 2.45) is 0 Å². The molecule has 0 atom stereocenters. The van der Waals surface area contributed by atoms with E-state index in [1.54, 1.807) is 4.70 Å². The molecule has 0 N–H and O–H groups in total. The zero-order valence-electron chi connectivity index (χ0n) is 68.5. The van der Waals surface area contributed by atoms with Gasteiger partial charge in [-0.2, -0.15) is 0 Å². The fourth-order valence-corrected chi connectivity index (χ4v) is 15.8. The smallest absolute Gasteiger partial charge is 0.0654 e. The zero-order valence-corrected chi connectivity index (χ0v) is 69.5. The summed E-state index contributed by atoms with van der Waals surface area (Å²) in [5, 5.41) is 0. The van der Waals surface area contributed by atoms with Crippen LogP contribution in [0, 0.1) is 35.5 Å². The van der Waals surface area contributed by atoms with Crippen molar-refractivity contribution in [2.45, 2.75) is 498 Å². The van der Waals surface area contributed by atoms with Gasteiger partial charge in [0, 0.05) is 22.3 Å². The maximum absolute atomic E-state index is 12.1. The van der Waals surface area contributed by atoms with Gasteiger partial charge in [-0.25, -0.2) is 4.70 Å². The van der Waals surface area contributed by atoms with Crippen LogP contribution in [0.25, 0.3) is 16.9 Å². The fraction of sp³-hybridized carbons (Fsp3) is 0.794. The Labute approximate surface area is 633 Å². The minimum absolute atomic E-state index is 1.02. The summed E-state index contributed by atoms with van der Waals surface area (Å²) < 4.78 is 1.59. The van der Waals surface area contributed by atoms with Crippen molar-refractivity contribution in [3.8, 4) is 21.6 Å². The molecule has 0 amide bonds. The van der Waals surface area contributed by atoms with E-state index in [4.69, 9.17) is 0 Å². The fourth-order valence-electron chi connectivity index (χ4n) is 15.3. The molecular weight excluding hydrogens is 1250 g/mol. The SMILES string of the molecule is CCCCCCC1=C(c2cc(C)cc(C)c2)[N+](=[N-])C(c2cc(CCCC)cc(CCCC)c2)=C1CCCCC.CCCCCCCCCCCCCCCCCCCCCCCCCCCCC#[C][Ni][C]#CCCCCCCCCCCCCCCCCCCCCCCCCCCCC. The molecular formula is C97H168N2Ni. The second-order valence-corrected chi connectivity index (χ2v) is 32.4. The first-order chi connectivity index (χ1) is 49.3. The molecule has 1 heterocycles. The number of aryl methyl sites for hydroxylation is 4. The van der Waals surface area contributed by atoms with Gasteiger partial charge in [-0.3, -0.25) is 0 Å². The van der Waals surface area contributed by atoms with Crippen molar-refractivity contribution in [1.29, 1.82) is 0 Å². The number of allylic oxidation sites excluding steroid dienone is 2. The van der Waals surface area contributed by atoms with E-state index in [0.29, 0.717) is 0 Å². The molecule has 0 spiro atoms. The van der Waals surface area contributed by atoms with Crippen LogP contribution in [0.5, 0.6) is 0 Å². The van der Waals surface area contributed by atoms with Gasteiger partial charge in [0.1, 0.15) is 0 Å². The van der Waals surface area contributed by atoms with Gasteiger partial charge in [-0.1, -0.05) is 328 Å². The molecule has 0 saturated heterocycles. The first-order valence-corrected chi connectivity index (χ1v) is 46.0. The van der Waals surface area contributed by atoms with Crippen LogP contribution < -0.4 is 0 Å². The van der Waals surface area contributed by atoms with E-state index in [9.17, 15) is 5.53 Å². The Bertz CT molecular complexity index is 2260. The summed E-state index contributed by atoms with van der Waals surface area (Å²) in [6.07, 6.45) is 95.2. The van der Waals surface area contributed by atoms with E-state index in [1.807, 2.05) is 0 Å². The van der Waals surface area contributed by atoms with Gasteiger partial charge < -0.3 is 5.53 Å². The second-order valence-electron chi connectivity index (χ2n) is 31.6. The van der Waals surface area contributed by atoms with Crippen molar-refractivity contribution in [3.63, 3.8) is 0 Å². The average Bonchev–Trinajstić information content (AvgIpc) is 1.60. The first-order valence-electron chi connectivity index (χ1n) is 45.0. The van der Waals surface area contributed by atoms with Crippen molar-refractivity contribution in [2.75, 3.05) is 0 Å². The summed E-state index contributed by atoms with van der Waals surface area (Å²) >= 11 is 1.33. The topological polar surface area (TPSA) is 25.3 Å². The number of benzene rings is 2. The predicted octanol–water partition coefficient (Wildman–Crippen LogP) is 33.8. The third-order valence-electron chi connectivity index (χ3n) is 21.6. The van der Waals surface area contributed by atoms with Gasteiger partial charge in [-0.15, -0.1) is 0 Å². The Morgan fingerprint density at radius 1 is 0.250 bits per heavy atom. The minimum Gasteiger partial charge on any atom is -0.0654 e. The maximum atomic E-state index is 12.1. The molecule has 3 heteroatoms.